The molecule has 17 heavy (non-hydrogen) atoms. The second-order valence-electron chi connectivity index (χ2n) is 3.67. The molecule has 0 aromatic rings. The number of amides is 1. The minimum absolute atomic E-state index is 0.00232. The SMILES string of the molecule is CCOCCC(=O)N1CCOC(/C(N)=N/O)C1. The van der Waals surface area contributed by atoms with Crippen LogP contribution in [0.5, 0.6) is 0 Å². The Morgan fingerprint density at radius 3 is 3.12 bits per heavy atom. The molecular formula is C10H19N3O4. The van der Waals surface area contributed by atoms with E-state index in [9.17, 15) is 4.79 Å². The molecule has 0 aromatic heterocycles. The van der Waals surface area contributed by atoms with E-state index in [4.69, 9.17) is 20.4 Å². The Labute approximate surface area is 100 Å². The first kappa shape index (κ1) is 13.7. The molecule has 1 atom stereocenters. The van der Waals surface area contributed by atoms with Crippen LogP contribution in [0.2, 0.25) is 0 Å². The zero-order chi connectivity index (χ0) is 12.7. The minimum Gasteiger partial charge on any atom is -0.409 e. The molecule has 3 N–H and O–H groups in total. The second kappa shape index (κ2) is 7.08. The van der Waals surface area contributed by atoms with Crippen molar-refractivity contribution in [2.75, 3.05) is 32.9 Å². The number of nitrogens with zero attached hydrogens (tertiary/aromatic N) is 2. The van der Waals surface area contributed by atoms with Crippen LogP contribution in [0.3, 0.4) is 0 Å². The van der Waals surface area contributed by atoms with E-state index >= 15 is 0 Å². The number of oxime groups is 1. The number of nitrogens with two attached hydrogens (primary N) is 1. The molecule has 1 rings (SSSR count). The number of hydrogen-bond acceptors (Lipinski definition) is 5. The van der Waals surface area contributed by atoms with Gasteiger partial charge in [0.05, 0.1) is 26.2 Å². The minimum atomic E-state index is -0.523. The van der Waals surface area contributed by atoms with Crippen LogP contribution in [0.4, 0.5) is 0 Å². The van der Waals surface area contributed by atoms with Crippen LogP contribution in [-0.2, 0) is 14.3 Å². The van der Waals surface area contributed by atoms with Crippen molar-refractivity contribution in [3.63, 3.8) is 0 Å². The maximum atomic E-state index is 11.8. The Balaban J connectivity index is 2.40. The molecule has 7 nitrogen and oxygen atoms in total. The van der Waals surface area contributed by atoms with Crippen LogP contribution >= 0.6 is 0 Å². The van der Waals surface area contributed by atoms with E-state index in [2.05, 4.69) is 5.16 Å². The summed E-state index contributed by atoms with van der Waals surface area (Å²) in [4.78, 5) is 13.4. The molecular weight excluding hydrogens is 226 g/mol. The molecule has 1 aliphatic heterocycles. The summed E-state index contributed by atoms with van der Waals surface area (Å²) in [5, 5.41) is 11.4. The van der Waals surface area contributed by atoms with Gasteiger partial charge in [0, 0.05) is 13.2 Å². The Bertz CT molecular complexity index is 283. The number of amidine groups is 1. The second-order valence-corrected chi connectivity index (χ2v) is 3.67. The van der Waals surface area contributed by atoms with Gasteiger partial charge in [0.1, 0.15) is 6.10 Å². The smallest absolute Gasteiger partial charge is 0.225 e. The van der Waals surface area contributed by atoms with Crippen LogP contribution in [0.15, 0.2) is 5.16 Å². The van der Waals surface area contributed by atoms with Crippen molar-refractivity contribution in [1.29, 1.82) is 0 Å². The fourth-order valence-corrected chi connectivity index (χ4v) is 1.58. The highest BCUT2D eigenvalue weighted by Gasteiger charge is 2.26. The van der Waals surface area contributed by atoms with Crippen LogP contribution in [0.25, 0.3) is 0 Å². The molecule has 1 heterocycles. The van der Waals surface area contributed by atoms with Gasteiger partial charge in [-0.2, -0.15) is 0 Å². The Kier molecular flexibility index (Phi) is 5.71. The summed E-state index contributed by atoms with van der Waals surface area (Å²) in [5.74, 6) is -0.00945. The molecule has 0 aromatic carbocycles. The standard InChI is InChI=1S/C10H19N3O4/c1-2-16-5-3-9(14)13-4-6-17-8(7-13)10(11)12-15/h8,15H,2-7H2,1H3,(H2,11,12). The van der Waals surface area contributed by atoms with E-state index in [-0.39, 0.29) is 11.7 Å². The summed E-state index contributed by atoms with van der Waals surface area (Å²) in [6.45, 7) is 4.14. The fourth-order valence-electron chi connectivity index (χ4n) is 1.58. The molecule has 0 radical (unpaired) electrons. The molecule has 0 spiro atoms. The fraction of sp³-hybridized carbons (Fsp3) is 0.800. The zero-order valence-electron chi connectivity index (χ0n) is 9.96. The first-order valence-electron chi connectivity index (χ1n) is 5.63. The quantitative estimate of drug-likeness (QED) is 0.221. The van der Waals surface area contributed by atoms with Crippen LogP contribution in [-0.4, -0.2) is 60.9 Å². The van der Waals surface area contributed by atoms with Gasteiger partial charge in [-0.05, 0) is 6.92 Å². The van der Waals surface area contributed by atoms with Gasteiger partial charge in [-0.15, -0.1) is 0 Å². The molecule has 7 heteroatoms. The van der Waals surface area contributed by atoms with Gasteiger partial charge in [0.2, 0.25) is 5.91 Å². The molecule has 1 aliphatic rings. The Morgan fingerprint density at radius 1 is 1.71 bits per heavy atom. The van der Waals surface area contributed by atoms with Crippen LogP contribution in [0, 0.1) is 0 Å². The van der Waals surface area contributed by atoms with Gasteiger partial charge >= 0.3 is 0 Å². The lowest BCUT2D eigenvalue weighted by molar-refractivity contribution is -0.137. The molecule has 98 valence electrons. The predicted octanol–water partition coefficient (Wildman–Crippen LogP) is -0.613. The van der Waals surface area contributed by atoms with Gasteiger partial charge in [-0.3, -0.25) is 4.79 Å². The number of morpholine rings is 1. The lowest BCUT2D eigenvalue weighted by Crippen LogP contribution is -2.50. The van der Waals surface area contributed by atoms with Crippen LogP contribution in [0.1, 0.15) is 13.3 Å². The molecule has 1 amide bonds. The number of carbonyl (C=O) groups is 1. The summed E-state index contributed by atoms with van der Waals surface area (Å²) in [7, 11) is 0. The molecule has 1 fully saturated rings. The number of hydrogen-bond donors (Lipinski definition) is 2. The molecule has 0 saturated carbocycles. The van der Waals surface area contributed by atoms with Gasteiger partial charge < -0.3 is 25.3 Å². The Hall–Kier alpha value is -1.34. The lowest BCUT2D eigenvalue weighted by atomic mass is 10.2. The summed E-state index contributed by atoms with van der Waals surface area (Å²) in [6.07, 6.45) is -0.179. The highest BCUT2D eigenvalue weighted by atomic mass is 16.5. The van der Waals surface area contributed by atoms with E-state index in [1.807, 2.05) is 6.92 Å². The van der Waals surface area contributed by atoms with Crippen molar-refractivity contribution in [1.82, 2.24) is 4.90 Å². The van der Waals surface area contributed by atoms with Crippen molar-refractivity contribution >= 4 is 11.7 Å². The first-order valence-corrected chi connectivity index (χ1v) is 5.63. The third-order valence-corrected chi connectivity index (χ3v) is 2.53. The monoisotopic (exact) mass is 245 g/mol. The van der Waals surface area contributed by atoms with Crippen molar-refractivity contribution in [2.45, 2.75) is 19.4 Å². The van der Waals surface area contributed by atoms with E-state index in [0.29, 0.717) is 39.3 Å². The van der Waals surface area contributed by atoms with Crippen molar-refractivity contribution in [3.05, 3.63) is 0 Å². The summed E-state index contributed by atoms with van der Waals surface area (Å²) in [6, 6.07) is 0. The van der Waals surface area contributed by atoms with Crippen molar-refractivity contribution in [3.8, 4) is 0 Å². The number of carbonyl (C=O) groups excluding carboxylic acids is 1. The number of rotatable bonds is 5. The Morgan fingerprint density at radius 2 is 2.47 bits per heavy atom. The van der Waals surface area contributed by atoms with Gasteiger partial charge in [0.15, 0.2) is 5.84 Å². The lowest BCUT2D eigenvalue weighted by Gasteiger charge is -2.32. The average Bonchev–Trinajstić information content (AvgIpc) is 2.38. The molecule has 0 bridgehead atoms. The first-order chi connectivity index (χ1) is 8.19. The molecule has 1 unspecified atom stereocenters. The van der Waals surface area contributed by atoms with E-state index in [1.165, 1.54) is 0 Å². The third-order valence-electron chi connectivity index (χ3n) is 2.53. The van der Waals surface area contributed by atoms with Crippen molar-refractivity contribution in [2.24, 2.45) is 10.9 Å². The average molecular weight is 245 g/mol. The highest BCUT2D eigenvalue weighted by molar-refractivity contribution is 5.85. The molecule has 1 saturated heterocycles. The summed E-state index contributed by atoms with van der Waals surface area (Å²) < 4.78 is 10.4. The number of ether oxygens (including phenoxy) is 2. The topological polar surface area (TPSA) is 97.4 Å². The van der Waals surface area contributed by atoms with E-state index < -0.39 is 6.10 Å². The van der Waals surface area contributed by atoms with Gasteiger partial charge in [0.25, 0.3) is 0 Å². The van der Waals surface area contributed by atoms with E-state index in [0.717, 1.165) is 0 Å². The summed E-state index contributed by atoms with van der Waals surface area (Å²) in [5.41, 5.74) is 5.44. The summed E-state index contributed by atoms with van der Waals surface area (Å²) >= 11 is 0. The van der Waals surface area contributed by atoms with Crippen LogP contribution < -0.4 is 5.73 Å². The predicted molar refractivity (Wildman–Crippen MR) is 60.8 cm³/mol. The normalized spacial score (nSPS) is 21.6. The van der Waals surface area contributed by atoms with E-state index in [1.54, 1.807) is 4.90 Å². The van der Waals surface area contributed by atoms with Crippen molar-refractivity contribution < 1.29 is 19.5 Å². The maximum Gasteiger partial charge on any atom is 0.225 e. The molecule has 0 aliphatic carbocycles. The van der Waals surface area contributed by atoms with Gasteiger partial charge in [-0.25, -0.2) is 0 Å². The van der Waals surface area contributed by atoms with Gasteiger partial charge in [-0.1, -0.05) is 5.16 Å². The zero-order valence-corrected chi connectivity index (χ0v) is 9.96. The maximum absolute atomic E-state index is 11.8. The third kappa shape index (κ3) is 4.20. The highest BCUT2D eigenvalue weighted by Crippen LogP contribution is 2.07. The largest absolute Gasteiger partial charge is 0.409 e.